The monoisotopic (exact) mass is 653 g/mol. The Kier molecular flexibility index (Phi) is 6.64. The van der Waals surface area contributed by atoms with E-state index >= 15 is 0 Å². The van der Waals surface area contributed by atoms with Gasteiger partial charge in [-0.1, -0.05) is 127 Å². The number of aryl methyl sites for hydroxylation is 1. The van der Waals surface area contributed by atoms with Crippen LogP contribution in [-0.4, -0.2) is 24.1 Å². The van der Waals surface area contributed by atoms with Gasteiger partial charge in [-0.2, -0.15) is 9.97 Å². The molecule has 0 spiro atoms. The highest BCUT2D eigenvalue weighted by Gasteiger charge is 2.19. The fourth-order valence-electron chi connectivity index (χ4n) is 7.43. The quantitative estimate of drug-likeness (QED) is 0.186. The van der Waals surface area contributed by atoms with E-state index in [1.807, 2.05) is 60.7 Å². The number of benzene rings is 7. The van der Waals surface area contributed by atoms with Crippen molar-refractivity contribution in [2.75, 3.05) is 0 Å². The lowest BCUT2D eigenvalue weighted by Gasteiger charge is -2.11. The van der Waals surface area contributed by atoms with Crippen LogP contribution in [0.15, 0.2) is 170 Å². The number of aromatic nitrogens is 5. The van der Waals surface area contributed by atoms with Gasteiger partial charge in [0, 0.05) is 38.4 Å². The van der Waals surface area contributed by atoms with Gasteiger partial charge in [-0.3, -0.25) is 4.57 Å². The molecule has 51 heavy (non-hydrogen) atoms. The maximum absolute atomic E-state index is 5.11. The largest absolute Gasteiger partial charge is 0.309 e. The maximum atomic E-state index is 5.11. The first-order valence-electron chi connectivity index (χ1n) is 17.2. The zero-order valence-electron chi connectivity index (χ0n) is 27.9. The van der Waals surface area contributed by atoms with Gasteiger partial charge in [0.2, 0.25) is 5.95 Å². The Labute approximate surface area is 294 Å². The molecule has 0 aliphatic carbocycles. The zero-order chi connectivity index (χ0) is 33.9. The molecular formula is C46H31N5. The summed E-state index contributed by atoms with van der Waals surface area (Å²) in [6.45, 7) is 2.15. The smallest absolute Gasteiger partial charge is 0.238 e. The van der Waals surface area contributed by atoms with Crippen molar-refractivity contribution in [1.82, 2.24) is 24.1 Å². The SMILES string of the molecule is Cc1ccc2c(c1)c1cc(-c3ccc4c5ccccc5n(-c5ccccc5)c4c3)ccc1n2-c1nc(-c2ccccc2)nc(-c2ccccc2)n1. The minimum atomic E-state index is 0.591. The Morgan fingerprint density at radius 1 is 0.353 bits per heavy atom. The number of rotatable bonds is 5. The van der Waals surface area contributed by atoms with Crippen LogP contribution in [-0.2, 0) is 0 Å². The summed E-state index contributed by atoms with van der Waals surface area (Å²) in [5.41, 5.74) is 11.0. The minimum Gasteiger partial charge on any atom is -0.309 e. The third kappa shape index (κ3) is 4.82. The molecule has 10 aromatic rings. The van der Waals surface area contributed by atoms with Crippen LogP contribution in [0.3, 0.4) is 0 Å². The third-order valence-corrected chi connectivity index (χ3v) is 9.83. The molecule has 0 saturated carbocycles. The summed E-state index contributed by atoms with van der Waals surface area (Å²) in [6.07, 6.45) is 0. The Hall–Kier alpha value is -6.85. The number of hydrogen-bond acceptors (Lipinski definition) is 3. The molecule has 3 aromatic heterocycles. The topological polar surface area (TPSA) is 48.5 Å². The van der Waals surface area contributed by atoms with Crippen LogP contribution in [0.5, 0.6) is 0 Å². The van der Waals surface area contributed by atoms with Crippen LogP contribution in [0.25, 0.3) is 89.2 Å². The van der Waals surface area contributed by atoms with Gasteiger partial charge in [0.1, 0.15) is 0 Å². The lowest BCUT2D eigenvalue weighted by Crippen LogP contribution is -2.06. The molecule has 5 heteroatoms. The first-order valence-corrected chi connectivity index (χ1v) is 17.2. The lowest BCUT2D eigenvalue weighted by atomic mass is 10.0. The normalized spacial score (nSPS) is 11.6. The predicted molar refractivity (Wildman–Crippen MR) is 210 cm³/mol. The lowest BCUT2D eigenvalue weighted by molar-refractivity contribution is 0.953. The van der Waals surface area contributed by atoms with Crippen LogP contribution < -0.4 is 0 Å². The van der Waals surface area contributed by atoms with Gasteiger partial charge in [-0.05, 0) is 66.6 Å². The van der Waals surface area contributed by atoms with Gasteiger partial charge in [0.05, 0.1) is 22.1 Å². The van der Waals surface area contributed by atoms with Crippen molar-refractivity contribution in [3.8, 4) is 45.5 Å². The van der Waals surface area contributed by atoms with Gasteiger partial charge < -0.3 is 4.57 Å². The van der Waals surface area contributed by atoms with Crippen LogP contribution in [0.4, 0.5) is 0 Å². The molecule has 7 aromatic carbocycles. The molecule has 5 nitrogen and oxygen atoms in total. The van der Waals surface area contributed by atoms with Crippen molar-refractivity contribution in [3.05, 3.63) is 175 Å². The van der Waals surface area contributed by atoms with E-state index in [2.05, 4.69) is 125 Å². The van der Waals surface area contributed by atoms with Crippen molar-refractivity contribution in [3.63, 3.8) is 0 Å². The molecule has 0 radical (unpaired) electrons. The van der Waals surface area contributed by atoms with Crippen molar-refractivity contribution in [2.45, 2.75) is 6.92 Å². The molecule has 0 saturated heterocycles. The molecule has 0 aliphatic rings. The van der Waals surface area contributed by atoms with E-state index in [0.717, 1.165) is 49.7 Å². The Bertz CT molecular complexity index is 2850. The first kappa shape index (κ1) is 29.1. The molecule has 0 aliphatic heterocycles. The Balaban J connectivity index is 1.20. The van der Waals surface area contributed by atoms with Crippen molar-refractivity contribution in [1.29, 1.82) is 0 Å². The highest BCUT2D eigenvalue weighted by molar-refractivity contribution is 6.12. The summed E-state index contributed by atoms with van der Waals surface area (Å²) in [7, 11) is 0. The molecule has 0 unspecified atom stereocenters. The molecule has 240 valence electrons. The van der Waals surface area contributed by atoms with E-state index < -0.39 is 0 Å². The average Bonchev–Trinajstić information content (AvgIpc) is 3.70. The molecule has 0 fully saturated rings. The van der Waals surface area contributed by atoms with E-state index in [1.54, 1.807) is 0 Å². The first-order chi connectivity index (χ1) is 25.2. The summed E-state index contributed by atoms with van der Waals surface area (Å²) in [6, 6.07) is 59.8. The second-order valence-electron chi connectivity index (χ2n) is 13.0. The summed E-state index contributed by atoms with van der Waals surface area (Å²) in [5.74, 6) is 1.87. The van der Waals surface area contributed by atoms with E-state index in [1.165, 1.54) is 27.4 Å². The highest BCUT2D eigenvalue weighted by atomic mass is 15.2. The van der Waals surface area contributed by atoms with Gasteiger partial charge >= 0.3 is 0 Å². The Morgan fingerprint density at radius 2 is 0.882 bits per heavy atom. The molecule has 0 bridgehead atoms. The third-order valence-electron chi connectivity index (χ3n) is 9.83. The van der Waals surface area contributed by atoms with Crippen LogP contribution in [0.1, 0.15) is 5.56 Å². The predicted octanol–water partition coefficient (Wildman–Crippen LogP) is 11.4. The number of para-hydroxylation sites is 2. The zero-order valence-corrected chi connectivity index (χ0v) is 27.9. The van der Waals surface area contributed by atoms with Gasteiger partial charge in [0.15, 0.2) is 11.6 Å². The van der Waals surface area contributed by atoms with E-state index in [4.69, 9.17) is 15.0 Å². The average molecular weight is 654 g/mol. The van der Waals surface area contributed by atoms with E-state index in [-0.39, 0.29) is 0 Å². The summed E-state index contributed by atoms with van der Waals surface area (Å²) in [5, 5.41) is 4.80. The molecular weight excluding hydrogens is 623 g/mol. The number of hydrogen-bond donors (Lipinski definition) is 0. The van der Waals surface area contributed by atoms with Crippen LogP contribution >= 0.6 is 0 Å². The number of nitrogens with zero attached hydrogens (tertiary/aromatic N) is 5. The van der Waals surface area contributed by atoms with Gasteiger partial charge in [-0.25, -0.2) is 4.98 Å². The molecule has 0 amide bonds. The van der Waals surface area contributed by atoms with Crippen molar-refractivity contribution >= 4 is 43.6 Å². The Morgan fingerprint density at radius 3 is 1.59 bits per heavy atom. The highest BCUT2D eigenvalue weighted by Crippen LogP contribution is 2.38. The number of fused-ring (bicyclic) bond motifs is 6. The fraction of sp³-hybridized carbons (Fsp3) is 0.0217. The van der Waals surface area contributed by atoms with Crippen molar-refractivity contribution < 1.29 is 0 Å². The second kappa shape index (κ2) is 11.6. The van der Waals surface area contributed by atoms with Gasteiger partial charge in [0.25, 0.3) is 0 Å². The molecule has 0 atom stereocenters. The van der Waals surface area contributed by atoms with E-state index in [9.17, 15) is 0 Å². The fourth-order valence-corrected chi connectivity index (χ4v) is 7.43. The van der Waals surface area contributed by atoms with Crippen LogP contribution in [0, 0.1) is 6.92 Å². The van der Waals surface area contributed by atoms with Crippen LogP contribution in [0.2, 0.25) is 0 Å². The van der Waals surface area contributed by atoms with E-state index in [0.29, 0.717) is 17.6 Å². The molecule has 0 N–H and O–H groups in total. The summed E-state index contributed by atoms with van der Waals surface area (Å²) < 4.78 is 4.56. The minimum absolute atomic E-state index is 0.591. The summed E-state index contributed by atoms with van der Waals surface area (Å²) in [4.78, 5) is 15.2. The summed E-state index contributed by atoms with van der Waals surface area (Å²) >= 11 is 0. The van der Waals surface area contributed by atoms with Crippen molar-refractivity contribution in [2.24, 2.45) is 0 Å². The molecule has 3 heterocycles. The maximum Gasteiger partial charge on any atom is 0.238 e. The standard InChI is InChI=1S/C46H31N5/c1-30-21-25-41-38(27-30)39-28-33(34-22-24-37-36-19-11-12-20-40(36)50(43(37)29-34)35-17-9-4-10-18-35)23-26-42(39)51(41)46-48-44(31-13-5-2-6-14-31)47-45(49-46)32-15-7-3-8-16-32/h2-29H,1H3. The second-order valence-corrected chi connectivity index (χ2v) is 13.0. The van der Waals surface area contributed by atoms with Gasteiger partial charge in [-0.15, -0.1) is 0 Å². The molecule has 10 rings (SSSR count).